The van der Waals surface area contributed by atoms with Crippen molar-refractivity contribution in [3.63, 3.8) is 0 Å². The Morgan fingerprint density at radius 2 is 1.48 bits per heavy atom. The quantitative estimate of drug-likeness (QED) is 0.780. The van der Waals surface area contributed by atoms with Crippen molar-refractivity contribution in [1.82, 2.24) is 0 Å². The van der Waals surface area contributed by atoms with E-state index in [1.54, 1.807) is 0 Å². The molecule has 106 valence electrons. The van der Waals surface area contributed by atoms with Crippen LogP contribution < -0.4 is 0 Å². The second kappa shape index (κ2) is 3.98. The van der Waals surface area contributed by atoms with Crippen molar-refractivity contribution < 1.29 is 5.11 Å². The van der Waals surface area contributed by atoms with Gasteiger partial charge in [0.1, 0.15) is 0 Å². The summed E-state index contributed by atoms with van der Waals surface area (Å²) in [5.41, 5.74) is 8.60. The number of hydrogen-bond acceptors (Lipinski definition) is 1. The topological polar surface area (TPSA) is 20.2 Å². The van der Waals surface area contributed by atoms with Gasteiger partial charge in [-0.05, 0) is 71.9 Å². The largest absolute Gasteiger partial charge is 0.388 e. The fourth-order valence-corrected chi connectivity index (χ4v) is 5.06. The molecule has 2 aromatic rings. The first-order valence-electron chi connectivity index (χ1n) is 8.15. The van der Waals surface area contributed by atoms with Crippen LogP contribution in [0.5, 0.6) is 0 Å². The molecule has 0 heterocycles. The maximum absolute atomic E-state index is 11.2. The van der Waals surface area contributed by atoms with Gasteiger partial charge in [-0.2, -0.15) is 0 Å². The second-order valence-electron chi connectivity index (χ2n) is 7.19. The van der Waals surface area contributed by atoms with Gasteiger partial charge in [0.15, 0.2) is 0 Å². The van der Waals surface area contributed by atoms with Crippen LogP contribution in [0.4, 0.5) is 0 Å². The molecule has 0 fully saturated rings. The van der Waals surface area contributed by atoms with Gasteiger partial charge >= 0.3 is 0 Å². The molecule has 0 radical (unpaired) electrons. The van der Waals surface area contributed by atoms with Gasteiger partial charge in [0.2, 0.25) is 0 Å². The van der Waals surface area contributed by atoms with Gasteiger partial charge in [0.25, 0.3) is 0 Å². The molecule has 1 heteroatoms. The van der Waals surface area contributed by atoms with Crippen LogP contribution in [-0.4, -0.2) is 5.11 Å². The Hall–Kier alpha value is -1.60. The molecule has 2 aromatic carbocycles. The van der Waals surface area contributed by atoms with E-state index in [0.717, 1.165) is 19.3 Å². The van der Waals surface area contributed by atoms with Crippen LogP contribution in [0.2, 0.25) is 0 Å². The average molecular weight is 276 g/mol. The van der Waals surface area contributed by atoms with Crippen molar-refractivity contribution in [3.8, 4) is 0 Å². The molecule has 1 N–H and O–H groups in total. The predicted molar refractivity (Wildman–Crippen MR) is 83.4 cm³/mol. The summed E-state index contributed by atoms with van der Waals surface area (Å²) >= 11 is 0. The van der Waals surface area contributed by atoms with Gasteiger partial charge in [0, 0.05) is 5.41 Å². The van der Waals surface area contributed by atoms with Gasteiger partial charge in [-0.15, -0.1) is 0 Å². The summed E-state index contributed by atoms with van der Waals surface area (Å²) in [6, 6.07) is 13.3. The van der Waals surface area contributed by atoms with Crippen LogP contribution in [0.25, 0.3) is 0 Å². The molecule has 21 heavy (non-hydrogen) atoms. The molecule has 0 saturated heterocycles. The summed E-state index contributed by atoms with van der Waals surface area (Å²) in [6.07, 6.45) is 6.47. The monoisotopic (exact) mass is 276 g/mol. The number of aliphatic hydroxyl groups is 1. The second-order valence-corrected chi connectivity index (χ2v) is 7.19. The number of aryl methyl sites for hydroxylation is 1. The van der Waals surface area contributed by atoms with E-state index in [1.807, 2.05) is 0 Å². The van der Waals surface area contributed by atoms with E-state index in [2.05, 4.69) is 36.4 Å². The van der Waals surface area contributed by atoms with Crippen molar-refractivity contribution >= 4 is 0 Å². The molecular weight excluding hydrogens is 256 g/mol. The minimum atomic E-state index is -0.270. The van der Waals surface area contributed by atoms with Crippen LogP contribution in [0.15, 0.2) is 36.4 Å². The Morgan fingerprint density at radius 3 is 2.24 bits per heavy atom. The minimum Gasteiger partial charge on any atom is -0.388 e. The van der Waals surface area contributed by atoms with E-state index in [1.165, 1.54) is 52.6 Å². The standard InChI is InChI=1S/C20H20O/c21-19-18-16(9-8-13-6-3-7-17(13)18)12-20(19)10-14-4-1-2-5-15(14)11-20/h1-2,4-5,8-9,19,21H,3,6-7,10-12H2. The van der Waals surface area contributed by atoms with Crippen molar-refractivity contribution in [2.45, 2.75) is 44.6 Å². The lowest BCUT2D eigenvalue weighted by atomic mass is 9.79. The van der Waals surface area contributed by atoms with Crippen molar-refractivity contribution in [3.05, 3.63) is 69.8 Å². The molecule has 1 spiro atoms. The van der Waals surface area contributed by atoms with Crippen LogP contribution in [-0.2, 0) is 32.1 Å². The third-order valence-electron chi connectivity index (χ3n) is 6.02. The van der Waals surface area contributed by atoms with E-state index in [4.69, 9.17) is 0 Å². The van der Waals surface area contributed by atoms with Crippen molar-refractivity contribution in [1.29, 1.82) is 0 Å². The lowest BCUT2D eigenvalue weighted by molar-refractivity contribution is 0.0459. The highest BCUT2D eigenvalue weighted by atomic mass is 16.3. The first-order valence-corrected chi connectivity index (χ1v) is 8.15. The zero-order valence-electron chi connectivity index (χ0n) is 12.2. The first-order chi connectivity index (χ1) is 10.3. The Morgan fingerprint density at radius 1 is 0.810 bits per heavy atom. The Bertz CT molecular complexity index is 718. The molecule has 3 aliphatic carbocycles. The summed E-state index contributed by atoms with van der Waals surface area (Å²) in [4.78, 5) is 0. The van der Waals surface area contributed by atoms with Crippen molar-refractivity contribution in [2.75, 3.05) is 0 Å². The number of rotatable bonds is 0. The average Bonchev–Trinajstić information content (AvgIpc) is 3.15. The highest BCUT2D eigenvalue weighted by Gasteiger charge is 2.49. The Labute approximate surface area is 125 Å². The molecule has 1 unspecified atom stereocenters. The molecule has 3 aliphatic rings. The summed E-state index contributed by atoms with van der Waals surface area (Å²) in [6.45, 7) is 0. The summed E-state index contributed by atoms with van der Waals surface area (Å²) in [5.74, 6) is 0. The summed E-state index contributed by atoms with van der Waals surface area (Å²) in [5, 5.41) is 11.2. The fourth-order valence-electron chi connectivity index (χ4n) is 5.06. The van der Waals surface area contributed by atoms with Crippen LogP contribution >= 0.6 is 0 Å². The molecule has 1 nitrogen and oxygen atoms in total. The lowest BCUT2D eigenvalue weighted by Gasteiger charge is -2.28. The van der Waals surface area contributed by atoms with Gasteiger partial charge in [-0.1, -0.05) is 36.4 Å². The number of aliphatic hydroxyl groups excluding tert-OH is 1. The van der Waals surface area contributed by atoms with E-state index >= 15 is 0 Å². The molecule has 0 bridgehead atoms. The Balaban J connectivity index is 1.62. The molecular formula is C20H20O. The maximum atomic E-state index is 11.2. The van der Waals surface area contributed by atoms with Crippen LogP contribution in [0, 0.1) is 5.41 Å². The molecule has 0 saturated carbocycles. The van der Waals surface area contributed by atoms with Gasteiger partial charge in [0.05, 0.1) is 6.10 Å². The normalized spacial score (nSPS) is 24.1. The molecule has 0 aliphatic heterocycles. The van der Waals surface area contributed by atoms with E-state index in [9.17, 15) is 5.11 Å². The number of fused-ring (bicyclic) bond motifs is 4. The van der Waals surface area contributed by atoms with E-state index < -0.39 is 0 Å². The van der Waals surface area contributed by atoms with Crippen molar-refractivity contribution in [2.24, 2.45) is 5.41 Å². The van der Waals surface area contributed by atoms with Crippen LogP contribution in [0.1, 0.15) is 45.9 Å². The van der Waals surface area contributed by atoms with E-state index in [-0.39, 0.29) is 11.5 Å². The van der Waals surface area contributed by atoms with Crippen LogP contribution in [0.3, 0.4) is 0 Å². The number of benzene rings is 2. The first kappa shape index (κ1) is 12.0. The molecule has 1 atom stereocenters. The third-order valence-corrected chi connectivity index (χ3v) is 6.02. The van der Waals surface area contributed by atoms with E-state index in [0.29, 0.717) is 0 Å². The number of hydrogen-bond donors (Lipinski definition) is 1. The zero-order chi connectivity index (χ0) is 14.0. The third kappa shape index (κ3) is 1.50. The van der Waals surface area contributed by atoms with Gasteiger partial charge in [-0.3, -0.25) is 0 Å². The summed E-state index contributed by atoms with van der Waals surface area (Å²) in [7, 11) is 0. The highest BCUT2D eigenvalue weighted by molar-refractivity contribution is 5.51. The van der Waals surface area contributed by atoms with Gasteiger partial charge < -0.3 is 5.11 Å². The lowest BCUT2D eigenvalue weighted by Crippen LogP contribution is -2.27. The smallest absolute Gasteiger partial charge is 0.0861 e. The molecule has 5 rings (SSSR count). The molecule has 0 aromatic heterocycles. The minimum absolute atomic E-state index is 0.0315. The zero-order valence-corrected chi connectivity index (χ0v) is 12.2. The maximum Gasteiger partial charge on any atom is 0.0861 e. The fraction of sp³-hybridized carbons (Fsp3) is 0.400. The molecule has 0 amide bonds. The highest BCUT2D eigenvalue weighted by Crippen LogP contribution is 2.55. The predicted octanol–water partition coefficient (Wildman–Crippen LogP) is 3.55. The SMILES string of the molecule is OC1c2c(ccc3c2CCC3)CC12Cc1ccccc1C2. The Kier molecular flexibility index (Phi) is 2.27. The summed E-state index contributed by atoms with van der Waals surface area (Å²) < 4.78 is 0. The van der Waals surface area contributed by atoms with Gasteiger partial charge in [-0.25, -0.2) is 0 Å².